The Morgan fingerprint density at radius 3 is 2.70 bits per heavy atom. The molecule has 8 nitrogen and oxygen atoms in total. The van der Waals surface area contributed by atoms with Crippen LogP contribution in [0.5, 0.6) is 11.5 Å². The molecule has 0 aliphatic rings. The summed E-state index contributed by atoms with van der Waals surface area (Å²) in [6, 6.07) is 9.43. The Balaban J connectivity index is 1.83. The molecule has 0 aliphatic carbocycles. The van der Waals surface area contributed by atoms with E-state index in [1.165, 1.54) is 13.3 Å². The van der Waals surface area contributed by atoms with Gasteiger partial charge in [0.05, 0.1) is 24.9 Å². The van der Waals surface area contributed by atoms with Crippen LogP contribution >= 0.6 is 0 Å². The highest BCUT2D eigenvalue weighted by molar-refractivity contribution is 6.04. The van der Waals surface area contributed by atoms with Crippen molar-refractivity contribution in [3.8, 4) is 22.8 Å². The van der Waals surface area contributed by atoms with Gasteiger partial charge in [-0.2, -0.15) is 0 Å². The van der Waals surface area contributed by atoms with Crippen LogP contribution in [-0.4, -0.2) is 48.3 Å². The molecule has 4 rings (SSSR count). The van der Waals surface area contributed by atoms with Crippen LogP contribution < -0.4 is 14.8 Å². The number of methoxy groups -OCH3 is 2. The molecule has 0 aliphatic heterocycles. The summed E-state index contributed by atoms with van der Waals surface area (Å²) in [5, 5.41) is 4.60. The summed E-state index contributed by atoms with van der Waals surface area (Å²) in [6.45, 7) is 2.37. The molecule has 1 amide bonds. The average molecular weight is 406 g/mol. The Hall–Kier alpha value is -3.65. The highest BCUT2D eigenvalue weighted by Crippen LogP contribution is 2.38. The lowest BCUT2D eigenvalue weighted by Crippen LogP contribution is -2.05. The molecule has 30 heavy (non-hydrogen) atoms. The zero-order valence-corrected chi connectivity index (χ0v) is 17.0. The highest BCUT2D eigenvalue weighted by atomic mass is 16.5. The summed E-state index contributed by atoms with van der Waals surface area (Å²) in [5.41, 5.74) is 4.06. The van der Waals surface area contributed by atoms with Gasteiger partial charge in [-0.05, 0) is 24.3 Å². The molecule has 8 heteroatoms. The van der Waals surface area contributed by atoms with Crippen LogP contribution in [0.15, 0.2) is 42.9 Å². The van der Waals surface area contributed by atoms with Crippen molar-refractivity contribution in [2.75, 3.05) is 32.8 Å². The topological polar surface area (TPSA) is 98.4 Å². The van der Waals surface area contributed by atoms with E-state index < -0.39 is 0 Å². The van der Waals surface area contributed by atoms with Crippen molar-refractivity contribution in [1.29, 1.82) is 0 Å². The molecule has 0 saturated carbocycles. The van der Waals surface area contributed by atoms with E-state index in [9.17, 15) is 4.79 Å². The first-order valence-corrected chi connectivity index (χ1v) is 9.44. The van der Waals surface area contributed by atoms with E-state index in [1.54, 1.807) is 14.2 Å². The number of nitrogens with zero attached hydrogens (tertiary/aromatic N) is 2. The van der Waals surface area contributed by atoms with Crippen LogP contribution in [0.2, 0.25) is 0 Å². The summed E-state index contributed by atoms with van der Waals surface area (Å²) in [6.07, 6.45) is 3.43. The predicted octanol–water partition coefficient (Wildman–Crippen LogP) is 3.77. The lowest BCUT2D eigenvalue weighted by atomic mass is 10.0. The van der Waals surface area contributed by atoms with E-state index in [4.69, 9.17) is 14.2 Å². The first-order valence-electron chi connectivity index (χ1n) is 9.44. The maximum absolute atomic E-state index is 11.4. The number of anilines is 1. The largest absolute Gasteiger partial charge is 0.493 e. The fourth-order valence-electron chi connectivity index (χ4n) is 3.38. The van der Waals surface area contributed by atoms with E-state index in [2.05, 4.69) is 20.3 Å². The van der Waals surface area contributed by atoms with E-state index >= 15 is 0 Å². The maximum Gasteiger partial charge on any atom is 0.221 e. The predicted molar refractivity (Wildman–Crippen MR) is 115 cm³/mol. The minimum absolute atomic E-state index is 0.121. The normalized spacial score (nSPS) is 11.0. The van der Waals surface area contributed by atoms with Gasteiger partial charge in [-0.3, -0.25) is 4.79 Å². The van der Waals surface area contributed by atoms with Crippen LogP contribution in [-0.2, 0) is 9.53 Å². The number of ether oxygens (including phenoxy) is 3. The van der Waals surface area contributed by atoms with Gasteiger partial charge in [-0.1, -0.05) is 0 Å². The van der Waals surface area contributed by atoms with Gasteiger partial charge in [0.2, 0.25) is 5.91 Å². The van der Waals surface area contributed by atoms with Gasteiger partial charge in [0, 0.05) is 53.8 Å². The Morgan fingerprint density at radius 1 is 1.07 bits per heavy atom. The van der Waals surface area contributed by atoms with E-state index in [0.29, 0.717) is 24.7 Å². The molecule has 2 N–H and O–H groups in total. The van der Waals surface area contributed by atoms with E-state index in [1.807, 2.05) is 36.5 Å². The molecule has 2 aromatic carbocycles. The summed E-state index contributed by atoms with van der Waals surface area (Å²) in [4.78, 5) is 23.6. The monoisotopic (exact) mass is 406 g/mol. The van der Waals surface area contributed by atoms with Crippen LogP contribution in [0.1, 0.15) is 6.92 Å². The van der Waals surface area contributed by atoms with Crippen molar-refractivity contribution in [3.63, 3.8) is 0 Å². The Labute approximate surface area is 173 Å². The summed E-state index contributed by atoms with van der Waals surface area (Å²) in [7, 11) is 3.22. The molecule has 4 aromatic rings. The summed E-state index contributed by atoms with van der Waals surface area (Å²) < 4.78 is 16.3. The van der Waals surface area contributed by atoms with Gasteiger partial charge in [0.15, 0.2) is 11.5 Å². The quantitative estimate of drug-likeness (QED) is 0.454. The molecule has 0 radical (unpaired) electrons. The summed E-state index contributed by atoms with van der Waals surface area (Å²) >= 11 is 0. The molecule has 2 heterocycles. The molecule has 0 fully saturated rings. The fourth-order valence-corrected chi connectivity index (χ4v) is 3.38. The number of carbonyl (C=O) groups excluding carboxylic acids is 1. The molecule has 0 atom stereocenters. The number of hydrogen-bond donors (Lipinski definition) is 2. The standard InChI is InChI=1S/C22H22N4O4/c1-13(27)26-14-4-5-18-15(8-14)17(11-23-18)22-16-9-20(29-3)21(30-7-6-28-2)10-19(16)24-12-25-22/h4-5,8-12,23H,6-7H2,1-3H3,(H,26,27). The molecule has 0 bridgehead atoms. The van der Waals surface area contributed by atoms with Gasteiger partial charge >= 0.3 is 0 Å². The minimum atomic E-state index is -0.121. The summed E-state index contributed by atoms with van der Waals surface area (Å²) in [5.74, 6) is 1.07. The number of amides is 1. The van der Waals surface area contributed by atoms with Crippen LogP contribution in [0.4, 0.5) is 5.69 Å². The highest BCUT2D eigenvalue weighted by Gasteiger charge is 2.16. The smallest absolute Gasteiger partial charge is 0.221 e. The number of H-pyrrole nitrogens is 1. The maximum atomic E-state index is 11.4. The first-order chi connectivity index (χ1) is 14.6. The molecular formula is C22H22N4O4. The van der Waals surface area contributed by atoms with Crippen LogP contribution in [0.3, 0.4) is 0 Å². The number of nitrogens with one attached hydrogen (secondary N) is 2. The molecule has 0 unspecified atom stereocenters. The van der Waals surface area contributed by atoms with Crippen LogP contribution in [0, 0.1) is 0 Å². The SMILES string of the molecule is COCCOc1cc2ncnc(-c3c[nH]c4ccc(NC(C)=O)cc34)c2cc1OC. The fraction of sp³-hybridized carbons (Fsp3) is 0.227. The lowest BCUT2D eigenvalue weighted by molar-refractivity contribution is -0.114. The second kappa shape index (κ2) is 8.38. The van der Waals surface area contributed by atoms with Gasteiger partial charge < -0.3 is 24.5 Å². The van der Waals surface area contributed by atoms with Crippen molar-refractivity contribution in [3.05, 3.63) is 42.9 Å². The lowest BCUT2D eigenvalue weighted by Gasteiger charge is -2.13. The van der Waals surface area contributed by atoms with Gasteiger partial charge in [0.25, 0.3) is 0 Å². The molecule has 0 spiro atoms. The second-order valence-corrected chi connectivity index (χ2v) is 6.73. The van der Waals surface area contributed by atoms with Gasteiger partial charge in [0.1, 0.15) is 12.9 Å². The number of hydrogen-bond acceptors (Lipinski definition) is 6. The number of rotatable bonds is 7. The number of carbonyl (C=O) groups is 1. The number of fused-ring (bicyclic) bond motifs is 2. The average Bonchev–Trinajstić information content (AvgIpc) is 3.15. The number of aromatic nitrogens is 3. The molecule has 154 valence electrons. The second-order valence-electron chi connectivity index (χ2n) is 6.73. The van der Waals surface area contributed by atoms with Crippen molar-refractivity contribution in [2.45, 2.75) is 6.92 Å². The number of aromatic amines is 1. The van der Waals surface area contributed by atoms with Crippen LogP contribution in [0.25, 0.3) is 33.1 Å². The van der Waals surface area contributed by atoms with Crippen molar-refractivity contribution < 1.29 is 19.0 Å². The van der Waals surface area contributed by atoms with Crippen molar-refractivity contribution in [2.24, 2.45) is 0 Å². The Morgan fingerprint density at radius 2 is 1.93 bits per heavy atom. The molecular weight excluding hydrogens is 384 g/mol. The van der Waals surface area contributed by atoms with E-state index in [-0.39, 0.29) is 5.91 Å². The Bertz CT molecular complexity index is 1220. The van der Waals surface area contributed by atoms with Gasteiger partial charge in [-0.15, -0.1) is 0 Å². The van der Waals surface area contributed by atoms with E-state index in [0.717, 1.165) is 38.8 Å². The third-order valence-electron chi connectivity index (χ3n) is 4.72. The number of benzene rings is 2. The molecule has 0 saturated heterocycles. The van der Waals surface area contributed by atoms with Gasteiger partial charge in [-0.25, -0.2) is 9.97 Å². The Kier molecular flexibility index (Phi) is 5.49. The zero-order valence-electron chi connectivity index (χ0n) is 17.0. The first kappa shape index (κ1) is 19.7. The third kappa shape index (κ3) is 3.77. The molecule has 2 aromatic heterocycles. The van der Waals surface area contributed by atoms with Crippen molar-refractivity contribution in [1.82, 2.24) is 15.0 Å². The third-order valence-corrected chi connectivity index (χ3v) is 4.72. The zero-order chi connectivity index (χ0) is 21.1. The van der Waals surface area contributed by atoms with Crippen molar-refractivity contribution >= 4 is 33.4 Å². The minimum Gasteiger partial charge on any atom is -0.493 e.